The summed E-state index contributed by atoms with van der Waals surface area (Å²) in [6.07, 6.45) is 5.70. The molecule has 0 aromatic heterocycles. The van der Waals surface area contributed by atoms with Crippen molar-refractivity contribution in [3.63, 3.8) is 0 Å². The number of aliphatic carboxylic acids is 1. The van der Waals surface area contributed by atoms with E-state index in [0.717, 1.165) is 25.9 Å². The third-order valence-electron chi connectivity index (χ3n) is 3.89. The maximum atomic E-state index is 11.5. The molecule has 1 N–H and O–H groups in total. The number of rotatable bonds is 2. The van der Waals surface area contributed by atoms with E-state index in [4.69, 9.17) is 5.11 Å². The maximum absolute atomic E-state index is 11.5. The topological polar surface area (TPSA) is 57.6 Å². The lowest BCUT2D eigenvalue weighted by Gasteiger charge is -2.47. The SMILES string of the molecule is O=C(O)CC(=O)N1CCC2(CCC2)CC1. The fraction of sp³-hybridized carbons (Fsp3) is 0.818. The summed E-state index contributed by atoms with van der Waals surface area (Å²) in [5, 5.41) is 8.53. The molecule has 1 heterocycles. The summed E-state index contributed by atoms with van der Waals surface area (Å²) in [5.74, 6) is -1.25. The van der Waals surface area contributed by atoms with Crippen LogP contribution in [0.5, 0.6) is 0 Å². The Kier molecular flexibility index (Phi) is 2.67. The van der Waals surface area contributed by atoms with Gasteiger partial charge in [0.2, 0.25) is 5.91 Å². The number of carboxylic acids is 1. The Morgan fingerprint density at radius 3 is 2.13 bits per heavy atom. The van der Waals surface area contributed by atoms with Crippen LogP contribution in [0, 0.1) is 5.41 Å². The van der Waals surface area contributed by atoms with E-state index in [2.05, 4.69) is 0 Å². The molecule has 0 aromatic carbocycles. The Morgan fingerprint density at radius 2 is 1.73 bits per heavy atom. The molecule has 4 nitrogen and oxygen atoms in total. The molecule has 1 saturated carbocycles. The van der Waals surface area contributed by atoms with Gasteiger partial charge in [-0.15, -0.1) is 0 Å². The Labute approximate surface area is 89.3 Å². The van der Waals surface area contributed by atoms with Gasteiger partial charge in [0, 0.05) is 13.1 Å². The molecule has 2 rings (SSSR count). The minimum Gasteiger partial charge on any atom is -0.481 e. The largest absolute Gasteiger partial charge is 0.481 e. The van der Waals surface area contributed by atoms with Gasteiger partial charge in [-0.1, -0.05) is 6.42 Å². The molecule has 15 heavy (non-hydrogen) atoms. The lowest BCUT2D eigenvalue weighted by Crippen LogP contribution is -2.46. The molecular weight excluding hydrogens is 194 g/mol. The van der Waals surface area contributed by atoms with Gasteiger partial charge in [-0.3, -0.25) is 9.59 Å². The van der Waals surface area contributed by atoms with Crippen molar-refractivity contribution in [1.82, 2.24) is 4.90 Å². The van der Waals surface area contributed by atoms with Gasteiger partial charge in [-0.05, 0) is 31.1 Å². The monoisotopic (exact) mass is 211 g/mol. The molecule has 4 heteroatoms. The lowest BCUT2D eigenvalue weighted by atomic mass is 9.63. The Bertz CT molecular complexity index is 274. The van der Waals surface area contributed by atoms with Crippen LogP contribution in [0.3, 0.4) is 0 Å². The zero-order valence-electron chi connectivity index (χ0n) is 8.87. The normalized spacial score (nSPS) is 23.6. The van der Waals surface area contributed by atoms with Crippen molar-refractivity contribution in [2.24, 2.45) is 5.41 Å². The van der Waals surface area contributed by atoms with Crippen LogP contribution in [0.25, 0.3) is 0 Å². The van der Waals surface area contributed by atoms with E-state index < -0.39 is 5.97 Å². The number of carbonyl (C=O) groups is 2. The van der Waals surface area contributed by atoms with Gasteiger partial charge in [-0.25, -0.2) is 0 Å². The molecule has 0 unspecified atom stereocenters. The minimum absolute atomic E-state index is 0.225. The third-order valence-corrected chi connectivity index (χ3v) is 3.89. The molecule has 1 spiro atoms. The smallest absolute Gasteiger partial charge is 0.312 e. The molecule has 2 aliphatic rings. The number of likely N-dealkylation sites (tertiary alicyclic amines) is 1. The van der Waals surface area contributed by atoms with Crippen LogP contribution in [0.15, 0.2) is 0 Å². The highest BCUT2D eigenvalue weighted by molar-refractivity contribution is 5.93. The van der Waals surface area contributed by atoms with E-state index >= 15 is 0 Å². The van der Waals surface area contributed by atoms with E-state index in [1.54, 1.807) is 4.90 Å². The highest BCUT2D eigenvalue weighted by Gasteiger charge is 2.40. The van der Waals surface area contributed by atoms with Crippen LogP contribution in [0.4, 0.5) is 0 Å². The highest BCUT2D eigenvalue weighted by atomic mass is 16.4. The average molecular weight is 211 g/mol. The van der Waals surface area contributed by atoms with E-state index in [9.17, 15) is 9.59 Å². The molecule has 0 atom stereocenters. The molecule has 1 aliphatic heterocycles. The van der Waals surface area contributed by atoms with E-state index in [0.29, 0.717) is 5.41 Å². The molecule has 1 saturated heterocycles. The molecule has 0 bridgehead atoms. The second-order valence-electron chi connectivity index (χ2n) is 4.80. The fourth-order valence-corrected chi connectivity index (χ4v) is 2.65. The van der Waals surface area contributed by atoms with Gasteiger partial charge in [0.05, 0.1) is 0 Å². The second kappa shape index (κ2) is 3.83. The predicted octanol–water partition coefficient (Wildman–Crippen LogP) is 1.25. The lowest BCUT2D eigenvalue weighted by molar-refractivity contribution is -0.145. The molecule has 0 radical (unpaired) electrons. The summed E-state index contributed by atoms with van der Waals surface area (Å²) in [5.41, 5.74) is 0.514. The van der Waals surface area contributed by atoms with Crippen LogP contribution < -0.4 is 0 Å². The number of nitrogens with zero attached hydrogens (tertiary/aromatic N) is 1. The summed E-state index contributed by atoms with van der Waals surface area (Å²) >= 11 is 0. The van der Waals surface area contributed by atoms with Crippen molar-refractivity contribution in [1.29, 1.82) is 0 Å². The van der Waals surface area contributed by atoms with Crippen LogP contribution in [-0.2, 0) is 9.59 Å². The molecule has 1 amide bonds. The van der Waals surface area contributed by atoms with Crippen molar-refractivity contribution in [2.75, 3.05) is 13.1 Å². The van der Waals surface area contributed by atoms with Crippen molar-refractivity contribution >= 4 is 11.9 Å². The standard InChI is InChI=1S/C11H17NO3/c13-9(8-10(14)15)12-6-4-11(5-7-12)2-1-3-11/h1-8H2,(H,14,15). The van der Waals surface area contributed by atoms with Crippen molar-refractivity contribution in [3.8, 4) is 0 Å². The van der Waals surface area contributed by atoms with Crippen LogP contribution in [0.1, 0.15) is 38.5 Å². The van der Waals surface area contributed by atoms with Crippen LogP contribution in [-0.4, -0.2) is 35.0 Å². The van der Waals surface area contributed by atoms with Gasteiger partial charge in [0.1, 0.15) is 6.42 Å². The third kappa shape index (κ3) is 2.13. The number of carboxylic acid groups (broad SMARTS) is 1. The first-order chi connectivity index (χ1) is 7.11. The maximum Gasteiger partial charge on any atom is 0.312 e. The first kappa shape index (κ1) is 10.5. The summed E-state index contributed by atoms with van der Waals surface area (Å²) < 4.78 is 0. The van der Waals surface area contributed by atoms with Gasteiger partial charge < -0.3 is 10.0 Å². The van der Waals surface area contributed by atoms with E-state index in [1.807, 2.05) is 0 Å². The summed E-state index contributed by atoms with van der Waals surface area (Å²) in [4.78, 5) is 23.6. The second-order valence-corrected chi connectivity index (χ2v) is 4.80. The Morgan fingerprint density at radius 1 is 1.13 bits per heavy atom. The van der Waals surface area contributed by atoms with E-state index in [-0.39, 0.29) is 12.3 Å². The Hall–Kier alpha value is -1.06. The van der Waals surface area contributed by atoms with E-state index in [1.165, 1.54) is 19.3 Å². The summed E-state index contributed by atoms with van der Waals surface area (Å²) in [7, 11) is 0. The number of amides is 1. The summed E-state index contributed by atoms with van der Waals surface area (Å²) in [6, 6.07) is 0. The fourth-order valence-electron chi connectivity index (χ4n) is 2.65. The molecule has 2 fully saturated rings. The number of carbonyl (C=O) groups excluding carboxylic acids is 1. The van der Waals surface area contributed by atoms with Crippen molar-refractivity contribution in [2.45, 2.75) is 38.5 Å². The highest BCUT2D eigenvalue weighted by Crippen LogP contribution is 2.48. The average Bonchev–Trinajstić information content (AvgIpc) is 2.14. The first-order valence-corrected chi connectivity index (χ1v) is 5.61. The van der Waals surface area contributed by atoms with Crippen LogP contribution in [0.2, 0.25) is 0 Å². The van der Waals surface area contributed by atoms with Crippen LogP contribution >= 0.6 is 0 Å². The van der Waals surface area contributed by atoms with Crippen molar-refractivity contribution < 1.29 is 14.7 Å². The molecule has 0 aromatic rings. The van der Waals surface area contributed by atoms with Crippen molar-refractivity contribution in [3.05, 3.63) is 0 Å². The van der Waals surface area contributed by atoms with Gasteiger partial charge >= 0.3 is 5.97 Å². The molecular formula is C11H17NO3. The zero-order valence-corrected chi connectivity index (χ0v) is 8.87. The zero-order chi connectivity index (χ0) is 10.9. The first-order valence-electron chi connectivity index (χ1n) is 5.61. The minimum atomic E-state index is -1.02. The number of hydrogen-bond donors (Lipinski definition) is 1. The summed E-state index contributed by atoms with van der Waals surface area (Å²) in [6.45, 7) is 1.51. The quantitative estimate of drug-likeness (QED) is 0.699. The molecule has 84 valence electrons. The van der Waals surface area contributed by atoms with Gasteiger partial charge in [0.25, 0.3) is 0 Å². The number of hydrogen-bond acceptors (Lipinski definition) is 2. The predicted molar refractivity (Wildman–Crippen MR) is 54.4 cm³/mol. The van der Waals surface area contributed by atoms with Gasteiger partial charge in [0.15, 0.2) is 0 Å². The number of piperidine rings is 1. The Balaban J connectivity index is 1.82. The van der Waals surface area contributed by atoms with Gasteiger partial charge in [-0.2, -0.15) is 0 Å². The molecule has 1 aliphatic carbocycles.